The first kappa shape index (κ1) is 16.9. The van der Waals surface area contributed by atoms with Crippen molar-refractivity contribution in [2.24, 2.45) is 0 Å². The molecule has 0 atom stereocenters. The zero-order valence-electron chi connectivity index (χ0n) is 12.2. The van der Waals surface area contributed by atoms with Gasteiger partial charge in [0.2, 0.25) is 5.91 Å². The first-order chi connectivity index (χ1) is 8.24. The number of likely N-dealkylation sites (N-methyl/N-ethyl adjacent to an activating group) is 1. The number of ether oxygens (including phenoxy) is 1. The zero-order valence-corrected chi connectivity index (χ0v) is 12.2. The summed E-state index contributed by atoms with van der Waals surface area (Å²) < 4.78 is 5.12. The van der Waals surface area contributed by atoms with Crippen molar-refractivity contribution in [3.63, 3.8) is 0 Å². The number of nitrogens with one attached hydrogen (secondary N) is 1. The minimum Gasteiger partial charge on any atom is -0.460 e. The van der Waals surface area contributed by atoms with E-state index in [4.69, 9.17) is 4.74 Å². The molecule has 0 aromatic heterocycles. The van der Waals surface area contributed by atoms with Crippen molar-refractivity contribution in [3.8, 4) is 0 Å². The Hall–Kier alpha value is -1.10. The van der Waals surface area contributed by atoms with Crippen molar-refractivity contribution in [1.29, 1.82) is 0 Å². The molecule has 0 aromatic carbocycles. The number of hydrogen-bond acceptors (Lipinski definition) is 4. The van der Waals surface area contributed by atoms with Gasteiger partial charge in [-0.15, -0.1) is 0 Å². The van der Waals surface area contributed by atoms with Crippen LogP contribution in [-0.2, 0) is 14.3 Å². The number of carbonyl (C=O) groups excluding carboxylic acids is 2. The van der Waals surface area contributed by atoms with Crippen molar-refractivity contribution in [1.82, 2.24) is 10.2 Å². The molecule has 0 radical (unpaired) electrons. The van der Waals surface area contributed by atoms with Crippen molar-refractivity contribution in [3.05, 3.63) is 0 Å². The summed E-state index contributed by atoms with van der Waals surface area (Å²) in [5.41, 5.74) is -0.489. The Morgan fingerprint density at radius 2 is 1.83 bits per heavy atom. The smallest absolute Gasteiger partial charge is 0.306 e. The van der Waals surface area contributed by atoms with E-state index in [0.717, 1.165) is 13.1 Å². The lowest BCUT2D eigenvalue weighted by atomic mass is 10.2. The Morgan fingerprint density at radius 1 is 1.22 bits per heavy atom. The van der Waals surface area contributed by atoms with Crippen molar-refractivity contribution < 1.29 is 14.3 Å². The van der Waals surface area contributed by atoms with Crippen LogP contribution in [0.15, 0.2) is 0 Å². The SMILES string of the molecule is CCN(C)CCNC(=O)CCC(=O)OC(C)(C)C. The monoisotopic (exact) mass is 258 g/mol. The largest absolute Gasteiger partial charge is 0.460 e. The van der Waals surface area contributed by atoms with Gasteiger partial charge in [0.25, 0.3) is 0 Å². The van der Waals surface area contributed by atoms with Gasteiger partial charge in [-0.25, -0.2) is 0 Å². The molecular formula is C13H26N2O3. The molecule has 0 saturated carbocycles. The number of rotatable bonds is 7. The minimum atomic E-state index is -0.489. The zero-order chi connectivity index (χ0) is 14.2. The van der Waals surface area contributed by atoms with Gasteiger partial charge in [-0.05, 0) is 34.4 Å². The lowest BCUT2D eigenvalue weighted by Crippen LogP contribution is -2.33. The molecule has 5 heteroatoms. The van der Waals surface area contributed by atoms with Crippen LogP contribution in [0, 0.1) is 0 Å². The van der Waals surface area contributed by atoms with Crippen LogP contribution in [0.4, 0.5) is 0 Å². The number of nitrogens with zero attached hydrogens (tertiary/aromatic N) is 1. The molecule has 0 aliphatic rings. The van der Waals surface area contributed by atoms with Gasteiger partial charge in [0.15, 0.2) is 0 Å². The molecule has 1 amide bonds. The lowest BCUT2D eigenvalue weighted by molar-refractivity contribution is -0.155. The number of hydrogen-bond donors (Lipinski definition) is 1. The van der Waals surface area contributed by atoms with Crippen LogP contribution in [0.25, 0.3) is 0 Å². The molecule has 0 saturated heterocycles. The van der Waals surface area contributed by atoms with Gasteiger partial charge in [-0.1, -0.05) is 6.92 Å². The standard InChI is InChI=1S/C13H26N2O3/c1-6-15(5)10-9-14-11(16)7-8-12(17)18-13(2,3)4/h6-10H2,1-5H3,(H,14,16). The Balaban J connectivity index is 3.68. The summed E-state index contributed by atoms with van der Waals surface area (Å²) in [4.78, 5) is 24.9. The first-order valence-electron chi connectivity index (χ1n) is 6.41. The van der Waals surface area contributed by atoms with E-state index in [1.807, 2.05) is 27.8 Å². The molecule has 0 unspecified atom stereocenters. The molecule has 0 bridgehead atoms. The van der Waals surface area contributed by atoms with Crippen LogP contribution >= 0.6 is 0 Å². The average molecular weight is 258 g/mol. The molecule has 5 nitrogen and oxygen atoms in total. The molecule has 0 rings (SSSR count). The Morgan fingerprint density at radius 3 is 2.33 bits per heavy atom. The third-order valence-electron chi connectivity index (χ3n) is 2.33. The first-order valence-corrected chi connectivity index (χ1v) is 6.41. The fourth-order valence-corrected chi connectivity index (χ4v) is 1.24. The van der Waals surface area contributed by atoms with Gasteiger partial charge in [0, 0.05) is 19.5 Å². The topological polar surface area (TPSA) is 58.6 Å². The summed E-state index contributed by atoms with van der Waals surface area (Å²) in [6, 6.07) is 0. The maximum absolute atomic E-state index is 11.4. The predicted molar refractivity (Wildman–Crippen MR) is 71.3 cm³/mol. The minimum absolute atomic E-state index is 0.106. The maximum atomic E-state index is 11.4. The fourth-order valence-electron chi connectivity index (χ4n) is 1.24. The van der Waals surface area contributed by atoms with Gasteiger partial charge in [0.1, 0.15) is 5.60 Å². The van der Waals surface area contributed by atoms with E-state index in [-0.39, 0.29) is 24.7 Å². The molecule has 0 aliphatic heterocycles. The highest BCUT2D eigenvalue weighted by molar-refractivity contribution is 5.81. The van der Waals surface area contributed by atoms with E-state index in [0.29, 0.717) is 6.54 Å². The summed E-state index contributed by atoms with van der Waals surface area (Å²) >= 11 is 0. The molecule has 0 aromatic rings. The van der Waals surface area contributed by atoms with Crippen LogP contribution in [-0.4, -0.2) is 49.1 Å². The average Bonchev–Trinajstić information content (AvgIpc) is 2.23. The van der Waals surface area contributed by atoms with Crippen LogP contribution < -0.4 is 5.32 Å². The quantitative estimate of drug-likeness (QED) is 0.697. The molecule has 18 heavy (non-hydrogen) atoms. The molecule has 106 valence electrons. The number of esters is 1. The highest BCUT2D eigenvalue weighted by Crippen LogP contribution is 2.08. The van der Waals surface area contributed by atoms with Gasteiger partial charge >= 0.3 is 5.97 Å². The second kappa shape index (κ2) is 8.08. The maximum Gasteiger partial charge on any atom is 0.306 e. The second-order valence-electron chi connectivity index (χ2n) is 5.33. The van der Waals surface area contributed by atoms with Crippen LogP contribution in [0.5, 0.6) is 0 Å². The van der Waals surface area contributed by atoms with E-state index in [9.17, 15) is 9.59 Å². The Kier molecular flexibility index (Phi) is 7.59. The van der Waals surface area contributed by atoms with E-state index < -0.39 is 5.60 Å². The van der Waals surface area contributed by atoms with E-state index >= 15 is 0 Å². The van der Waals surface area contributed by atoms with Crippen LogP contribution in [0.3, 0.4) is 0 Å². The molecule has 0 spiro atoms. The van der Waals surface area contributed by atoms with Gasteiger partial charge < -0.3 is 15.0 Å². The van der Waals surface area contributed by atoms with E-state index in [2.05, 4.69) is 17.1 Å². The van der Waals surface area contributed by atoms with Crippen molar-refractivity contribution in [2.75, 3.05) is 26.7 Å². The normalized spacial score (nSPS) is 11.4. The Bertz CT molecular complexity index is 272. The highest BCUT2D eigenvalue weighted by Gasteiger charge is 2.16. The van der Waals surface area contributed by atoms with Gasteiger partial charge in [-0.3, -0.25) is 9.59 Å². The summed E-state index contributed by atoms with van der Waals surface area (Å²) in [6.45, 7) is 9.87. The summed E-state index contributed by atoms with van der Waals surface area (Å²) in [6.07, 6.45) is 0.317. The highest BCUT2D eigenvalue weighted by atomic mass is 16.6. The second-order valence-corrected chi connectivity index (χ2v) is 5.33. The molecule has 1 N–H and O–H groups in total. The van der Waals surface area contributed by atoms with Gasteiger partial charge in [-0.2, -0.15) is 0 Å². The third kappa shape index (κ3) is 10.1. The van der Waals surface area contributed by atoms with E-state index in [1.165, 1.54) is 0 Å². The van der Waals surface area contributed by atoms with Crippen LogP contribution in [0.2, 0.25) is 0 Å². The summed E-state index contributed by atoms with van der Waals surface area (Å²) in [7, 11) is 1.99. The third-order valence-corrected chi connectivity index (χ3v) is 2.33. The number of amides is 1. The van der Waals surface area contributed by atoms with Crippen molar-refractivity contribution in [2.45, 2.75) is 46.1 Å². The molecule has 0 fully saturated rings. The van der Waals surface area contributed by atoms with E-state index in [1.54, 1.807) is 0 Å². The lowest BCUT2D eigenvalue weighted by Gasteiger charge is -2.19. The molecule has 0 aliphatic carbocycles. The van der Waals surface area contributed by atoms with Gasteiger partial charge in [0.05, 0.1) is 6.42 Å². The molecule has 0 heterocycles. The summed E-state index contributed by atoms with van der Waals surface area (Å²) in [5, 5.41) is 2.78. The van der Waals surface area contributed by atoms with Crippen molar-refractivity contribution >= 4 is 11.9 Å². The predicted octanol–water partition coefficient (Wildman–Crippen LogP) is 1.18. The number of carbonyl (C=O) groups is 2. The van der Waals surface area contributed by atoms with Crippen LogP contribution in [0.1, 0.15) is 40.5 Å². The Labute approximate surface area is 110 Å². The summed E-state index contributed by atoms with van der Waals surface area (Å²) in [5.74, 6) is -0.436. The molecular weight excluding hydrogens is 232 g/mol. The fraction of sp³-hybridized carbons (Fsp3) is 0.846.